The van der Waals surface area contributed by atoms with Gasteiger partial charge in [0.1, 0.15) is 42.3 Å². The molecule has 1 aromatic carbocycles. The molecule has 1 aromatic rings. The summed E-state index contributed by atoms with van der Waals surface area (Å²) in [6.07, 6.45) is -1.78. The molecule has 0 radical (unpaired) electrons. The van der Waals surface area contributed by atoms with Gasteiger partial charge in [-0.05, 0) is 70.1 Å². The van der Waals surface area contributed by atoms with E-state index in [1.165, 1.54) is 6.92 Å². The van der Waals surface area contributed by atoms with Crippen molar-refractivity contribution < 1.29 is 43.5 Å². The fourth-order valence-corrected chi connectivity index (χ4v) is 6.92. The number of carbonyl (C=O) groups is 8. The first-order valence-corrected chi connectivity index (χ1v) is 21.2. The van der Waals surface area contributed by atoms with Crippen LogP contribution in [0.1, 0.15) is 58.4 Å². The van der Waals surface area contributed by atoms with Crippen LogP contribution in [0, 0.1) is 5.92 Å². The first-order valence-electron chi connectivity index (χ1n) is 21.2. The van der Waals surface area contributed by atoms with Crippen LogP contribution >= 0.6 is 0 Å². The van der Waals surface area contributed by atoms with Gasteiger partial charge in [-0.25, -0.2) is 0 Å². The highest BCUT2D eigenvalue weighted by Crippen LogP contribution is 2.11. The molecule has 62 heavy (non-hydrogen) atoms. The number of benzene rings is 1. The summed E-state index contributed by atoms with van der Waals surface area (Å²) in [7, 11) is 0. The zero-order valence-corrected chi connectivity index (χ0v) is 35.8. The van der Waals surface area contributed by atoms with E-state index in [-0.39, 0.29) is 77.2 Å². The maximum absolute atomic E-state index is 14.2. The molecule has 2 heterocycles. The van der Waals surface area contributed by atoms with Crippen LogP contribution in [0.15, 0.2) is 30.3 Å². The summed E-state index contributed by atoms with van der Waals surface area (Å²) in [5, 5.41) is 37.7. The number of aliphatic hydroxyl groups is 1. The lowest BCUT2D eigenvalue weighted by Crippen LogP contribution is -2.61. The van der Waals surface area contributed by atoms with Crippen molar-refractivity contribution in [3.8, 4) is 0 Å². The normalized spacial score (nSPS) is 27.3. The first kappa shape index (κ1) is 51.1. The Morgan fingerprint density at radius 1 is 0.661 bits per heavy atom. The fraction of sp³-hybridized carbons (Fsp3) is 0.650. The van der Waals surface area contributed by atoms with Gasteiger partial charge >= 0.3 is 0 Å². The highest BCUT2D eigenvalue weighted by molar-refractivity contribution is 5.98. The average molecular weight is 874 g/mol. The standard InChI is InChI=1S/C40H67N13O9/c1-22(2)19-29-37(59)49-25(9-13-41)33(55)48-27(11-15-43)36(58)53-32(23(3)54)40(62)46-16-12-28(50-39(61)31-21-44-17-18-45-31)35(57)47-26(10-14-42)34(56)52-30(38(60)51-29)20-24-7-5-4-6-8-24/h4-8,22-23,25-32,44-45,54H,9-21,41-43H2,1-3H3,(H,46,62)(H,47,57)(H,48,55)(H,49,59)(H,50,61)(H,51,60)(H,52,56)(H,53,58)/t23-,25+,26+,27+,28+,29+,30-,31+,32+/m1/s1. The SMILES string of the molecule is CC(C)C[C@@H]1NC(=O)[C@@H](Cc2ccccc2)NC(=O)[C@H](CCN)NC(=O)[C@@H](NC(=O)[C@@H]2CNCCN2)CCNC(=O)[C@H]([C@@H](C)O)NC(=O)[C@H](CCN)NC(=O)[C@H](CCN)NC1=O. The molecule has 2 saturated heterocycles. The first-order chi connectivity index (χ1) is 29.6. The zero-order valence-electron chi connectivity index (χ0n) is 35.8. The van der Waals surface area contributed by atoms with Gasteiger partial charge in [0.2, 0.25) is 47.3 Å². The second kappa shape index (κ2) is 26.3. The van der Waals surface area contributed by atoms with Crippen molar-refractivity contribution in [3.63, 3.8) is 0 Å². The molecule has 346 valence electrons. The molecule has 2 aliphatic heterocycles. The van der Waals surface area contributed by atoms with Crippen molar-refractivity contribution in [1.82, 2.24) is 53.2 Å². The molecule has 9 atom stereocenters. The van der Waals surface area contributed by atoms with Gasteiger partial charge in [-0.2, -0.15) is 0 Å². The fourth-order valence-electron chi connectivity index (χ4n) is 6.92. The topological polar surface area (TPSA) is 355 Å². The minimum absolute atomic E-state index is 0.0191. The minimum Gasteiger partial charge on any atom is -0.391 e. The number of hydrogen-bond acceptors (Lipinski definition) is 14. The quantitative estimate of drug-likeness (QED) is 0.0879. The van der Waals surface area contributed by atoms with Crippen molar-refractivity contribution in [2.24, 2.45) is 23.1 Å². The van der Waals surface area contributed by atoms with Crippen LogP contribution in [0.25, 0.3) is 0 Å². The summed E-state index contributed by atoms with van der Waals surface area (Å²) in [4.78, 5) is 110. The average Bonchev–Trinajstić information content (AvgIpc) is 3.23. The summed E-state index contributed by atoms with van der Waals surface area (Å²) < 4.78 is 0. The number of rotatable bonds is 13. The number of carbonyl (C=O) groups excluding carboxylic acids is 8. The van der Waals surface area contributed by atoms with E-state index in [0.717, 1.165) is 0 Å². The van der Waals surface area contributed by atoms with Crippen LogP contribution in [0.2, 0.25) is 0 Å². The maximum Gasteiger partial charge on any atom is 0.245 e. The van der Waals surface area contributed by atoms with Gasteiger partial charge < -0.3 is 75.5 Å². The molecule has 2 fully saturated rings. The van der Waals surface area contributed by atoms with Crippen LogP contribution in [-0.4, -0.2) is 153 Å². The van der Waals surface area contributed by atoms with Gasteiger partial charge in [0.15, 0.2) is 0 Å². The number of nitrogens with one attached hydrogen (secondary N) is 10. The lowest BCUT2D eigenvalue weighted by Gasteiger charge is -2.29. The van der Waals surface area contributed by atoms with Gasteiger partial charge in [0.25, 0.3) is 0 Å². The lowest BCUT2D eigenvalue weighted by molar-refractivity contribution is -0.136. The molecule has 22 nitrogen and oxygen atoms in total. The Kier molecular flexibility index (Phi) is 21.6. The maximum atomic E-state index is 14.2. The van der Waals surface area contributed by atoms with Crippen molar-refractivity contribution in [1.29, 1.82) is 0 Å². The van der Waals surface area contributed by atoms with E-state index in [0.29, 0.717) is 18.7 Å². The van der Waals surface area contributed by atoms with E-state index in [9.17, 15) is 43.5 Å². The number of hydrogen-bond donors (Lipinski definition) is 14. The Labute approximate surface area is 361 Å². The highest BCUT2D eigenvalue weighted by Gasteiger charge is 2.36. The highest BCUT2D eigenvalue weighted by atomic mass is 16.3. The molecule has 0 spiro atoms. The second-order valence-corrected chi connectivity index (χ2v) is 15.9. The van der Waals surface area contributed by atoms with Gasteiger partial charge in [0, 0.05) is 32.6 Å². The third-order valence-electron chi connectivity index (χ3n) is 10.3. The summed E-state index contributed by atoms with van der Waals surface area (Å²) in [6, 6.07) is -1.14. The van der Waals surface area contributed by atoms with Crippen LogP contribution < -0.4 is 70.4 Å². The van der Waals surface area contributed by atoms with E-state index in [4.69, 9.17) is 17.2 Å². The number of piperazine rings is 1. The monoisotopic (exact) mass is 874 g/mol. The zero-order chi connectivity index (χ0) is 45.8. The molecule has 2 aliphatic rings. The van der Waals surface area contributed by atoms with Crippen LogP contribution in [-0.2, 0) is 44.8 Å². The Bertz CT molecular complexity index is 1660. The predicted molar refractivity (Wildman–Crippen MR) is 228 cm³/mol. The van der Waals surface area contributed by atoms with E-state index >= 15 is 0 Å². The molecule has 22 heteroatoms. The summed E-state index contributed by atoms with van der Waals surface area (Å²) in [6.45, 7) is 5.86. The molecule has 0 unspecified atom stereocenters. The molecule has 17 N–H and O–H groups in total. The molecule has 8 amide bonds. The van der Waals surface area contributed by atoms with E-state index < -0.39 is 102 Å². The predicted octanol–water partition coefficient (Wildman–Crippen LogP) is -5.82. The van der Waals surface area contributed by atoms with Crippen molar-refractivity contribution in [3.05, 3.63) is 35.9 Å². The van der Waals surface area contributed by atoms with E-state index in [1.807, 2.05) is 13.8 Å². The Morgan fingerprint density at radius 3 is 1.68 bits per heavy atom. The number of nitrogens with two attached hydrogens (primary N) is 3. The van der Waals surface area contributed by atoms with Gasteiger partial charge in [-0.3, -0.25) is 38.4 Å². The molecule has 0 bridgehead atoms. The van der Waals surface area contributed by atoms with Crippen molar-refractivity contribution >= 4 is 47.3 Å². The number of amides is 8. The third kappa shape index (κ3) is 16.5. The molecule has 0 aliphatic carbocycles. The lowest BCUT2D eigenvalue weighted by atomic mass is 10.00. The summed E-state index contributed by atoms with van der Waals surface area (Å²) >= 11 is 0. The van der Waals surface area contributed by atoms with Crippen LogP contribution in [0.4, 0.5) is 0 Å². The van der Waals surface area contributed by atoms with Crippen molar-refractivity contribution in [2.45, 2.75) is 114 Å². The Hall–Kier alpha value is -5.26. The number of aliphatic hydroxyl groups excluding tert-OH is 1. The molecule has 0 saturated carbocycles. The van der Waals surface area contributed by atoms with Gasteiger partial charge in [-0.15, -0.1) is 0 Å². The van der Waals surface area contributed by atoms with Crippen molar-refractivity contribution in [2.75, 3.05) is 45.8 Å². The molecule has 3 rings (SSSR count). The largest absolute Gasteiger partial charge is 0.391 e. The van der Waals surface area contributed by atoms with E-state index in [1.54, 1.807) is 30.3 Å². The third-order valence-corrected chi connectivity index (χ3v) is 10.3. The Balaban J connectivity index is 2.08. The smallest absolute Gasteiger partial charge is 0.245 e. The second-order valence-electron chi connectivity index (χ2n) is 15.9. The van der Waals surface area contributed by atoms with Gasteiger partial charge in [-0.1, -0.05) is 44.2 Å². The molecular weight excluding hydrogens is 807 g/mol. The summed E-state index contributed by atoms with van der Waals surface area (Å²) in [5.41, 5.74) is 18.2. The van der Waals surface area contributed by atoms with Crippen LogP contribution in [0.3, 0.4) is 0 Å². The van der Waals surface area contributed by atoms with Gasteiger partial charge in [0.05, 0.1) is 12.1 Å². The minimum atomic E-state index is -1.54. The molecular formula is C40H67N13O9. The summed E-state index contributed by atoms with van der Waals surface area (Å²) in [5.74, 6) is -6.23. The van der Waals surface area contributed by atoms with Crippen LogP contribution in [0.5, 0.6) is 0 Å². The molecule has 0 aromatic heterocycles. The van der Waals surface area contributed by atoms with E-state index in [2.05, 4.69) is 53.2 Å². The Morgan fingerprint density at radius 2 is 1.16 bits per heavy atom.